The normalized spacial score (nSPS) is 18.3. The monoisotopic (exact) mass is 439 g/mol. The summed E-state index contributed by atoms with van der Waals surface area (Å²) in [5, 5.41) is 2.32. The van der Waals surface area contributed by atoms with Gasteiger partial charge < -0.3 is 9.80 Å². The van der Waals surface area contributed by atoms with Crippen molar-refractivity contribution in [1.29, 1.82) is 0 Å². The number of likely N-dealkylation sites (N-methyl/N-ethyl adjacent to an activating group) is 1. The van der Waals surface area contributed by atoms with Gasteiger partial charge in [0.15, 0.2) is 9.84 Å². The molecule has 3 rings (SSSR count). The van der Waals surface area contributed by atoms with Crippen molar-refractivity contribution in [2.24, 2.45) is 0 Å². The molecule has 1 saturated heterocycles. The predicted molar refractivity (Wildman–Crippen MR) is 113 cm³/mol. The molecule has 1 fully saturated rings. The lowest BCUT2D eigenvalue weighted by Crippen LogP contribution is -2.45. The van der Waals surface area contributed by atoms with Crippen LogP contribution in [0.4, 0.5) is 4.39 Å². The summed E-state index contributed by atoms with van der Waals surface area (Å²) >= 11 is 1.32. The highest BCUT2D eigenvalue weighted by Crippen LogP contribution is 2.26. The van der Waals surface area contributed by atoms with Crippen molar-refractivity contribution in [3.8, 4) is 10.6 Å². The standard InChI is InChI=1S/C20H26FN3O3S2/c1-3-23(4-2)10-11-24(17-9-12-29(26,27)14-17)20(25)18-13-28-19(22-18)15-5-7-16(21)8-6-15/h5-8,13,17H,3-4,9-12,14H2,1-2H3. The fourth-order valence-electron chi connectivity index (χ4n) is 3.50. The van der Waals surface area contributed by atoms with E-state index >= 15 is 0 Å². The van der Waals surface area contributed by atoms with E-state index in [4.69, 9.17) is 0 Å². The molecule has 0 radical (unpaired) electrons. The van der Waals surface area contributed by atoms with E-state index in [-0.39, 0.29) is 29.3 Å². The molecule has 6 nitrogen and oxygen atoms in total. The number of aromatic nitrogens is 1. The summed E-state index contributed by atoms with van der Waals surface area (Å²) in [7, 11) is -3.11. The van der Waals surface area contributed by atoms with Crippen molar-refractivity contribution in [2.75, 3.05) is 37.7 Å². The minimum atomic E-state index is -3.11. The molecule has 1 aliphatic rings. The number of carbonyl (C=O) groups excluding carboxylic acids is 1. The smallest absolute Gasteiger partial charge is 0.273 e. The molecule has 2 aromatic rings. The van der Waals surface area contributed by atoms with Crippen LogP contribution in [0.25, 0.3) is 10.6 Å². The van der Waals surface area contributed by atoms with Crippen LogP contribution in [-0.2, 0) is 9.84 Å². The van der Waals surface area contributed by atoms with E-state index in [0.717, 1.165) is 18.7 Å². The molecule has 1 amide bonds. The Labute approximate surface area is 175 Å². The second kappa shape index (κ2) is 9.32. The molecule has 9 heteroatoms. The molecule has 0 N–H and O–H groups in total. The summed E-state index contributed by atoms with van der Waals surface area (Å²) in [6.45, 7) is 7.00. The van der Waals surface area contributed by atoms with Crippen LogP contribution in [-0.4, -0.2) is 72.8 Å². The van der Waals surface area contributed by atoms with E-state index < -0.39 is 9.84 Å². The SMILES string of the molecule is CCN(CC)CCN(C(=O)c1csc(-c2ccc(F)cc2)n1)C1CCS(=O)(=O)C1. The van der Waals surface area contributed by atoms with E-state index in [1.54, 1.807) is 22.4 Å². The van der Waals surface area contributed by atoms with Crippen molar-refractivity contribution in [2.45, 2.75) is 26.3 Å². The van der Waals surface area contributed by atoms with Gasteiger partial charge in [-0.25, -0.2) is 17.8 Å². The molecular weight excluding hydrogens is 413 g/mol. The largest absolute Gasteiger partial charge is 0.332 e. The lowest BCUT2D eigenvalue weighted by molar-refractivity contribution is 0.0669. The van der Waals surface area contributed by atoms with Gasteiger partial charge in [-0.05, 0) is 43.8 Å². The Kier molecular flexibility index (Phi) is 7.02. The van der Waals surface area contributed by atoms with Crippen molar-refractivity contribution in [3.63, 3.8) is 0 Å². The van der Waals surface area contributed by atoms with Crippen LogP contribution < -0.4 is 0 Å². The highest BCUT2D eigenvalue weighted by Gasteiger charge is 2.35. The summed E-state index contributed by atoms with van der Waals surface area (Å²) in [6, 6.07) is 5.66. The number of rotatable bonds is 8. The van der Waals surface area contributed by atoms with Gasteiger partial charge >= 0.3 is 0 Å². The number of benzene rings is 1. The van der Waals surface area contributed by atoms with E-state index in [1.165, 1.54) is 23.5 Å². The summed E-state index contributed by atoms with van der Waals surface area (Å²) in [6.07, 6.45) is 0.460. The van der Waals surface area contributed by atoms with Gasteiger partial charge in [0.1, 0.15) is 16.5 Å². The fourth-order valence-corrected chi connectivity index (χ4v) is 6.03. The number of sulfone groups is 1. The minimum absolute atomic E-state index is 0.00590. The van der Waals surface area contributed by atoms with Crippen LogP contribution in [0.1, 0.15) is 30.8 Å². The highest BCUT2D eigenvalue weighted by molar-refractivity contribution is 7.91. The number of halogens is 1. The van der Waals surface area contributed by atoms with Gasteiger partial charge in [0.25, 0.3) is 5.91 Å². The number of amides is 1. The van der Waals surface area contributed by atoms with Gasteiger partial charge in [-0.2, -0.15) is 0 Å². The van der Waals surface area contributed by atoms with Crippen LogP contribution in [0.2, 0.25) is 0 Å². The van der Waals surface area contributed by atoms with Crippen molar-refractivity contribution < 1.29 is 17.6 Å². The van der Waals surface area contributed by atoms with Gasteiger partial charge in [-0.3, -0.25) is 4.79 Å². The molecule has 1 aliphatic heterocycles. The van der Waals surface area contributed by atoms with Crippen LogP contribution in [0.3, 0.4) is 0 Å². The zero-order valence-corrected chi connectivity index (χ0v) is 18.3. The topological polar surface area (TPSA) is 70.6 Å². The van der Waals surface area contributed by atoms with Gasteiger partial charge in [0, 0.05) is 30.1 Å². The van der Waals surface area contributed by atoms with Crippen molar-refractivity contribution in [3.05, 3.63) is 41.2 Å². The minimum Gasteiger partial charge on any atom is -0.332 e. The summed E-state index contributed by atoms with van der Waals surface area (Å²) < 4.78 is 37.1. The third-order valence-corrected chi connectivity index (χ3v) is 7.92. The van der Waals surface area contributed by atoms with Gasteiger partial charge in [-0.15, -0.1) is 11.3 Å². The average molecular weight is 440 g/mol. The molecule has 29 heavy (non-hydrogen) atoms. The quantitative estimate of drug-likeness (QED) is 0.633. The second-order valence-electron chi connectivity index (χ2n) is 7.13. The van der Waals surface area contributed by atoms with Crippen LogP contribution in [0.15, 0.2) is 29.6 Å². The summed E-state index contributed by atoms with van der Waals surface area (Å²) in [5.74, 6) is -0.452. The van der Waals surface area contributed by atoms with Crippen LogP contribution in [0, 0.1) is 5.82 Å². The first-order valence-corrected chi connectivity index (χ1v) is 12.5. The van der Waals surface area contributed by atoms with Crippen LogP contribution >= 0.6 is 11.3 Å². The number of hydrogen-bond acceptors (Lipinski definition) is 6. The maximum atomic E-state index is 13.2. The first-order valence-electron chi connectivity index (χ1n) is 9.78. The third-order valence-electron chi connectivity index (χ3n) is 5.28. The van der Waals surface area contributed by atoms with E-state index in [2.05, 4.69) is 23.7 Å². The van der Waals surface area contributed by atoms with E-state index in [9.17, 15) is 17.6 Å². The first kappa shape index (κ1) is 21.9. The number of carbonyl (C=O) groups is 1. The number of nitrogens with zero attached hydrogens (tertiary/aromatic N) is 3. The molecule has 0 aliphatic carbocycles. The number of hydrogen-bond donors (Lipinski definition) is 0. The van der Waals surface area contributed by atoms with E-state index in [1.807, 2.05) is 0 Å². The Morgan fingerprint density at radius 2 is 1.90 bits per heavy atom. The third kappa shape index (κ3) is 5.40. The molecule has 0 bridgehead atoms. The second-order valence-corrected chi connectivity index (χ2v) is 10.2. The molecule has 1 aromatic carbocycles. The maximum Gasteiger partial charge on any atom is 0.273 e. The lowest BCUT2D eigenvalue weighted by atomic mass is 10.2. The Bertz CT molecular complexity index is 940. The van der Waals surface area contributed by atoms with Crippen molar-refractivity contribution in [1.82, 2.24) is 14.8 Å². The summed E-state index contributed by atoms with van der Waals surface area (Å²) in [5.41, 5.74) is 1.05. The van der Waals surface area contributed by atoms with Gasteiger partial charge in [0.2, 0.25) is 0 Å². The van der Waals surface area contributed by atoms with Gasteiger partial charge in [0.05, 0.1) is 11.5 Å². The Hall–Kier alpha value is -1.84. The van der Waals surface area contributed by atoms with E-state index in [0.29, 0.717) is 30.2 Å². The Morgan fingerprint density at radius 1 is 1.21 bits per heavy atom. The molecule has 1 unspecified atom stereocenters. The maximum absolute atomic E-state index is 13.2. The molecule has 1 atom stereocenters. The average Bonchev–Trinajstić information content (AvgIpc) is 3.32. The molecule has 158 valence electrons. The highest BCUT2D eigenvalue weighted by atomic mass is 32.2. The lowest BCUT2D eigenvalue weighted by Gasteiger charge is -2.30. The molecule has 0 saturated carbocycles. The zero-order chi connectivity index (χ0) is 21.0. The molecule has 0 spiro atoms. The first-order chi connectivity index (χ1) is 13.8. The van der Waals surface area contributed by atoms with Crippen LogP contribution in [0.5, 0.6) is 0 Å². The molecular formula is C20H26FN3O3S2. The van der Waals surface area contributed by atoms with Crippen molar-refractivity contribution >= 4 is 27.1 Å². The molecule has 1 aromatic heterocycles. The Balaban J connectivity index is 1.81. The zero-order valence-electron chi connectivity index (χ0n) is 16.7. The summed E-state index contributed by atoms with van der Waals surface area (Å²) in [4.78, 5) is 21.6. The molecule has 2 heterocycles. The fraction of sp³-hybridized carbons (Fsp3) is 0.500. The predicted octanol–water partition coefficient (Wildman–Crippen LogP) is 2.92. The van der Waals surface area contributed by atoms with Gasteiger partial charge in [-0.1, -0.05) is 13.8 Å². The Morgan fingerprint density at radius 3 is 2.48 bits per heavy atom. The number of thiazole rings is 1.